The van der Waals surface area contributed by atoms with E-state index < -0.39 is 0 Å². The Morgan fingerprint density at radius 1 is 1.58 bits per heavy atom. The Kier molecular flexibility index (Phi) is 4.07. The molecule has 0 radical (unpaired) electrons. The molecule has 1 rings (SSSR count). The van der Waals surface area contributed by atoms with Gasteiger partial charge in [0, 0.05) is 18.0 Å². The molecular weight excluding hydrogens is 172 g/mol. The Hall–Kier alpha value is -0.580. The maximum atomic E-state index is 8.65. The summed E-state index contributed by atoms with van der Waals surface area (Å²) in [6.07, 6.45) is 1.74. The average Bonchev–Trinajstić information content (AvgIpc) is 2.16. The van der Waals surface area contributed by atoms with Crippen molar-refractivity contribution in [2.45, 2.75) is 11.1 Å². The van der Waals surface area contributed by atoms with Crippen molar-refractivity contribution in [2.75, 3.05) is 12.4 Å². The van der Waals surface area contributed by atoms with E-state index in [1.165, 1.54) is 0 Å². The maximum absolute atomic E-state index is 8.65. The first kappa shape index (κ1) is 9.51. The van der Waals surface area contributed by atoms with E-state index >= 15 is 0 Å². The van der Waals surface area contributed by atoms with Gasteiger partial charge in [0.1, 0.15) is 0 Å². The van der Waals surface area contributed by atoms with Crippen LogP contribution in [-0.2, 0) is 0 Å². The third kappa shape index (κ3) is 3.21. The van der Waals surface area contributed by atoms with Crippen molar-refractivity contribution in [1.82, 2.24) is 4.98 Å². The van der Waals surface area contributed by atoms with E-state index in [1.807, 2.05) is 18.2 Å². The van der Waals surface area contributed by atoms with Crippen LogP contribution in [-0.4, -0.2) is 28.5 Å². The monoisotopic (exact) mass is 184 g/mol. The van der Waals surface area contributed by atoms with Crippen LogP contribution in [0.5, 0.6) is 0 Å². The van der Waals surface area contributed by atoms with Gasteiger partial charge < -0.3 is 10.8 Å². The summed E-state index contributed by atoms with van der Waals surface area (Å²) in [5.74, 6) is 0.702. The van der Waals surface area contributed by atoms with Gasteiger partial charge in [-0.15, -0.1) is 11.8 Å². The van der Waals surface area contributed by atoms with Gasteiger partial charge in [-0.25, -0.2) is 4.98 Å². The lowest BCUT2D eigenvalue weighted by Gasteiger charge is -2.05. The molecule has 3 nitrogen and oxygen atoms in total. The summed E-state index contributed by atoms with van der Waals surface area (Å²) < 4.78 is 0. The number of aromatic nitrogens is 1. The van der Waals surface area contributed by atoms with Gasteiger partial charge in [0.15, 0.2) is 0 Å². The molecule has 0 aromatic carbocycles. The summed E-state index contributed by atoms with van der Waals surface area (Å²) in [7, 11) is 0. The Balaban J connectivity index is 2.33. The van der Waals surface area contributed by atoms with Gasteiger partial charge in [-0.3, -0.25) is 0 Å². The molecule has 0 saturated carbocycles. The Morgan fingerprint density at radius 3 is 3.00 bits per heavy atom. The number of aliphatic hydroxyl groups is 1. The molecule has 1 aromatic rings. The molecule has 0 saturated heterocycles. The molecule has 1 atom stereocenters. The highest BCUT2D eigenvalue weighted by molar-refractivity contribution is 7.99. The number of pyridine rings is 1. The van der Waals surface area contributed by atoms with Gasteiger partial charge in [-0.1, -0.05) is 6.07 Å². The Morgan fingerprint density at radius 2 is 2.42 bits per heavy atom. The normalized spacial score (nSPS) is 12.8. The first-order chi connectivity index (χ1) is 5.83. The number of aliphatic hydroxyl groups excluding tert-OH is 1. The lowest BCUT2D eigenvalue weighted by Crippen LogP contribution is -2.26. The fourth-order valence-corrected chi connectivity index (χ4v) is 1.48. The van der Waals surface area contributed by atoms with Gasteiger partial charge in [0.2, 0.25) is 0 Å². The number of nitrogens with two attached hydrogens (primary N) is 1. The van der Waals surface area contributed by atoms with E-state index in [4.69, 9.17) is 10.8 Å². The highest BCUT2D eigenvalue weighted by Crippen LogP contribution is 2.13. The number of nitrogens with zero attached hydrogens (tertiary/aromatic N) is 1. The highest BCUT2D eigenvalue weighted by atomic mass is 32.2. The second-order valence-corrected chi connectivity index (χ2v) is 3.46. The minimum atomic E-state index is -0.156. The minimum absolute atomic E-state index is 0.0276. The summed E-state index contributed by atoms with van der Waals surface area (Å²) in [6.45, 7) is 0.0276. The maximum Gasteiger partial charge on any atom is 0.0960 e. The zero-order valence-corrected chi connectivity index (χ0v) is 7.50. The smallest absolute Gasteiger partial charge is 0.0960 e. The molecule has 0 amide bonds. The number of hydrogen-bond donors (Lipinski definition) is 2. The predicted octanol–water partition coefficient (Wildman–Crippen LogP) is 0.493. The number of thioether (sulfide) groups is 1. The van der Waals surface area contributed by atoms with Gasteiger partial charge >= 0.3 is 0 Å². The van der Waals surface area contributed by atoms with Gasteiger partial charge in [-0.2, -0.15) is 0 Å². The first-order valence-electron chi connectivity index (χ1n) is 3.73. The van der Waals surface area contributed by atoms with Crippen LogP contribution >= 0.6 is 11.8 Å². The molecule has 12 heavy (non-hydrogen) atoms. The molecule has 0 aliphatic carbocycles. The first-order valence-corrected chi connectivity index (χ1v) is 4.71. The topological polar surface area (TPSA) is 59.1 Å². The lowest BCUT2D eigenvalue weighted by molar-refractivity contribution is 0.275. The quantitative estimate of drug-likeness (QED) is 0.669. The molecule has 4 heteroatoms. The van der Waals surface area contributed by atoms with E-state index in [0.29, 0.717) is 5.75 Å². The largest absolute Gasteiger partial charge is 0.395 e. The van der Waals surface area contributed by atoms with E-state index in [9.17, 15) is 0 Å². The van der Waals surface area contributed by atoms with Gasteiger partial charge in [0.25, 0.3) is 0 Å². The standard InChI is InChI=1S/C8H12N2OS/c9-7(5-11)6-12-8-3-1-2-4-10-8/h1-4,7,11H,5-6,9H2. The van der Waals surface area contributed by atoms with Crippen LogP contribution in [0, 0.1) is 0 Å². The van der Waals surface area contributed by atoms with E-state index in [1.54, 1.807) is 18.0 Å². The third-order valence-electron chi connectivity index (χ3n) is 1.32. The number of rotatable bonds is 4. The van der Waals surface area contributed by atoms with E-state index in [2.05, 4.69) is 4.98 Å². The summed E-state index contributed by atoms with van der Waals surface area (Å²) in [5, 5.41) is 9.60. The molecule has 1 unspecified atom stereocenters. The summed E-state index contributed by atoms with van der Waals surface area (Å²) >= 11 is 1.56. The Bertz CT molecular complexity index is 218. The second-order valence-electron chi connectivity index (χ2n) is 2.42. The van der Waals surface area contributed by atoms with Crippen LogP contribution in [0.4, 0.5) is 0 Å². The molecule has 1 aromatic heterocycles. The molecule has 66 valence electrons. The SMILES string of the molecule is NC(CO)CSc1ccccn1. The Labute approximate surface area is 76.0 Å². The fraction of sp³-hybridized carbons (Fsp3) is 0.375. The average molecular weight is 184 g/mol. The van der Waals surface area contributed by atoms with Crippen molar-refractivity contribution in [3.8, 4) is 0 Å². The minimum Gasteiger partial charge on any atom is -0.395 e. The summed E-state index contributed by atoms with van der Waals surface area (Å²) in [4.78, 5) is 4.11. The van der Waals surface area contributed by atoms with Crippen molar-refractivity contribution in [1.29, 1.82) is 0 Å². The fourth-order valence-electron chi connectivity index (χ4n) is 0.678. The van der Waals surface area contributed by atoms with Crippen molar-refractivity contribution < 1.29 is 5.11 Å². The molecule has 0 aliphatic rings. The van der Waals surface area contributed by atoms with Gasteiger partial charge in [0.05, 0.1) is 11.6 Å². The van der Waals surface area contributed by atoms with Crippen LogP contribution in [0.15, 0.2) is 29.4 Å². The lowest BCUT2D eigenvalue weighted by atomic mass is 10.4. The van der Waals surface area contributed by atoms with Crippen molar-refractivity contribution in [3.63, 3.8) is 0 Å². The highest BCUT2D eigenvalue weighted by Gasteiger charge is 2.01. The molecule has 0 bridgehead atoms. The van der Waals surface area contributed by atoms with Crippen LogP contribution in [0.3, 0.4) is 0 Å². The van der Waals surface area contributed by atoms with Gasteiger partial charge in [-0.05, 0) is 12.1 Å². The van der Waals surface area contributed by atoms with Crippen LogP contribution in [0.25, 0.3) is 0 Å². The molecule has 0 spiro atoms. The van der Waals surface area contributed by atoms with Crippen molar-refractivity contribution in [3.05, 3.63) is 24.4 Å². The summed E-state index contributed by atoms with van der Waals surface area (Å²) in [5.41, 5.74) is 5.52. The number of hydrogen-bond acceptors (Lipinski definition) is 4. The molecular formula is C8H12N2OS. The van der Waals surface area contributed by atoms with E-state index in [0.717, 1.165) is 5.03 Å². The van der Waals surface area contributed by atoms with Crippen molar-refractivity contribution in [2.24, 2.45) is 5.73 Å². The molecule has 1 heterocycles. The molecule has 0 fully saturated rings. The predicted molar refractivity (Wildman–Crippen MR) is 50.0 cm³/mol. The van der Waals surface area contributed by atoms with Crippen molar-refractivity contribution >= 4 is 11.8 Å². The second kappa shape index (κ2) is 5.13. The summed E-state index contributed by atoms with van der Waals surface area (Å²) in [6, 6.07) is 5.57. The van der Waals surface area contributed by atoms with Crippen LogP contribution in [0.2, 0.25) is 0 Å². The zero-order valence-electron chi connectivity index (χ0n) is 6.68. The van der Waals surface area contributed by atoms with Crippen LogP contribution < -0.4 is 5.73 Å². The molecule has 0 aliphatic heterocycles. The zero-order chi connectivity index (χ0) is 8.81. The van der Waals surface area contributed by atoms with Crippen LogP contribution in [0.1, 0.15) is 0 Å². The van der Waals surface area contributed by atoms with E-state index in [-0.39, 0.29) is 12.6 Å². The third-order valence-corrected chi connectivity index (χ3v) is 2.45. The molecule has 3 N–H and O–H groups in total.